The largest absolute Gasteiger partial charge is 0.383 e. The molecule has 0 saturated carbocycles. The van der Waals surface area contributed by atoms with Gasteiger partial charge in [0.2, 0.25) is 0 Å². The summed E-state index contributed by atoms with van der Waals surface area (Å²) in [7, 11) is 0. The molecule has 2 aromatic rings. The van der Waals surface area contributed by atoms with E-state index in [9.17, 15) is 0 Å². The molecular weight excluding hydrogens is 226 g/mol. The monoisotopic (exact) mass is 237 g/mol. The smallest absolute Gasteiger partial charge is 0.138 e. The molecule has 6 heteroatoms. The van der Waals surface area contributed by atoms with Gasteiger partial charge in [-0.05, 0) is 13.0 Å². The van der Waals surface area contributed by atoms with Crippen molar-refractivity contribution in [2.75, 3.05) is 5.73 Å². The molecule has 0 aromatic carbocycles. The maximum absolute atomic E-state index is 5.87. The van der Waals surface area contributed by atoms with Crippen molar-refractivity contribution < 1.29 is 0 Å². The number of hydrogen-bond donors (Lipinski definition) is 1. The molecule has 0 aliphatic carbocycles. The molecule has 0 spiro atoms. The normalized spacial score (nSPS) is 10.6. The summed E-state index contributed by atoms with van der Waals surface area (Å²) in [5, 5.41) is 4.67. The van der Waals surface area contributed by atoms with Crippen LogP contribution in [0.1, 0.15) is 18.3 Å². The minimum absolute atomic E-state index is 0.482. The highest BCUT2D eigenvalue weighted by molar-refractivity contribution is 6.30. The second-order valence-electron chi connectivity index (χ2n) is 3.37. The Morgan fingerprint density at radius 2 is 2.25 bits per heavy atom. The van der Waals surface area contributed by atoms with Crippen LogP contribution >= 0.6 is 11.6 Å². The topological polar surface area (TPSA) is 69.6 Å². The molecule has 0 aliphatic rings. The van der Waals surface area contributed by atoms with Crippen LogP contribution in [0, 0.1) is 0 Å². The summed E-state index contributed by atoms with van der Waals surface area (Å²) < 4.78 is 1.82. The fraction of sp³-hybridized carbons (Fsp3) is 0.300. The molecule has 84 valence electrons. The summed E-state index contributed by atoms with van der Waals surface area (Å²) in [5.74, 6) is 1.34. The van der Waals surface area contributed by atoms with Crippen molar-refractivity contribution in [2.24, 2.45) is 0 Å². The van der Waals surface area contributed by atoms with Crippen LogP contribution in [0.4, 0.5) is 5.82 Å². The van der Waals surface area contributed by atoms with Gasteiger partial charge >= 0.3 is 0 Å². The van der Waals surface area contributed by atoms with Crippen molar-refractivity contribution in [1.82, 2.24) is 19.7 Å². The van der Waals surface area contributed by atoms with E-state index in [1.165, 1.54) is 12.5 Å². The fourth-order valence-electron chi connectivity index (χ4n) is 1.49. The predicted octanol–water partition coefficient (Wildman–Crippen LogP) is 1.52. The van der Waals surface area contributed by atoms with Crippen molar-refractivity contribution in [2.45, 2.75) is 19.9 Å². The molecule has 2 N–H and O–H groups in total. The fourth-order valence-corrected chi connectivity index (χ4v) is 1.67. The Morgan fingerprint density at radius 1 is 1.44 bits per heavy atom. The number of aromatic nitrogens is 4. The van der Waals surface area contributed by atoms with Gasteiger partial charge in [-0.2, -0.15) is 5.10 Å². The zero-order valence-electron chi connectivity index (χ0n) is 8.89. The molecule has 0 radical (unpaired) electrons. The predicted molar refractivity (Wildman–Crippen MR) is 62.2 cm³/mol. The first-order chi connectivity index (χ1) is 7.70. The molecule has 2 heterocycles. The molecule has 16 heavy (non-hydrogen) atoms. The lowest BCUT2D eigenvalue weighted by atomic mass is 10.2. The van der Waals surface area contributed by atoms with Gasteiger partial charge in [0.1, 0.15) is 18.0 Å². The highest BCUT2D eigenvalue weighted by atomic mass is 35.5. The van der Waals surface area contributed by atoms with Gasteiger partial charge in [-0.1, -0.05) is 11.6 Å². The third-order valence-corrected chi connectivity index (χ3v) is 2.52. The molecule has 0 amide bonds. The van der Waals surface area contributed by atoms with Crippen LogP contribution in [0.3, 0.4) is 0 Å². The van der Waals surface area contributed by atoms with Crippen LogP contribution in [0.15, 0.2) is 18.6 Å². The second kappa shape index (κ2) is 4.49. The van der Waals surface area contributed by atoms with Crippen molar-refractivity contribution >= 4 is 17.4 Å². The first kappa shape index (κ1) is 10.9. The zero-order valence-corrected chi connectivity index (χ0v) is 9.65. The van der Waals surface area contributed by atoms with Gasteiger partial charge in [0.25, 0.3) is 0 Å². The van der Waals surface area contributed by atoms with Crippen LogP contribution in [0.5, 0.6) is 0 Å². The van der Waals surface area contributed by atoms with E-state index < -0.39 is 0 Å². The molecule has 2 rings (SSSR count). The van der Waals surface area contributed by atoms with Gasteiger partial charge < -0.3 is 5.73 Å². The highest BCUT2D eigenvalue weighted by Crippen LogP contribution is 2.17. The van der Waals surface area contributed by atoms with E-state index in [-0.39, 0.29) is 0 Å². The van der Waals surface area contributed by atoms with Crippen LogP contribution in [-0.4, -0.2) is 19.7 Å². The molecular formula is C10H12ClN5. The maximum Gasteiger partial charge on any atom is 0.138 e. The Bertz CT molecular complexity index is 494. The molecule has 0 unspecified atom stereocenters. The van der Waals surface area contributed by atoms with Crippen LogP contribution < -0.4 is 5.73 Å². The molecule has 0 fully saturated rings. The van der Waals surface area contributed by atoms with Crippen molar-refractivity contribution in [3.63, 3.8) is 0 Å². The lowest BCUT2D eigenvalue weighted by Crippen LogP contribution is -2.06. The standard InChI is InChI=1S/C10H12ClN5/c1-2-16-9(14-6-15-16)4-7-3-8(11)5-13-10(7)12/h3,5-6H,2,4H2,1H3,(H2,12,13). The summed E-state index contributed by atoms with van der Waals surface area (Å²) in [6, 6.07) is 1.80. The summed E-state index contributed by atoms with van der Waals surface area (Å²) >= 11 is 5.87. The van der Waals surface area contributed by atoms with E-state index >= 15 is 0 Å². The molecule has 0 bridgehead atoms. The van der Waals surface area contributed by atoms with E-state index in [1.54, 1.807) is 6.07 Å². The third-order valence-electron chi connectivity index (χ3n) is 2.31. The molecule has 0 atom stereocenters. The van der Waals surface area contributed by atoms with Gasteiger partial charge in [-0.15, -0.1) is 0 Å². The number of nitrogen functional groups attached to an aromatic ring is 1. The van der Waals surface area contributed by atoms with E-state index in [1.807, 2.05) is 11.6 Å². The minimum Gasteiger partial charge on any atom is -0.383 e. The SMILES string of the molecule is CCn1ncnc1Cc1cc(Cl)cnc1N. The van der Waals surface area contributed by atoms with Gasteiger partial charge in [0.15, 0.2) is 0 Å². The number of nitrogens with two attached hydrogens (primary N) is 1. The van der Waals surface area contributed by atoms with E-state index in [4.69, 9.17) is 17.3 Å². The first-order valence-corrected chi connectivity index (χ1v) is 5.35. The Kier molecular flexibility index (Phi) is 3.05. The van der Waals surface area contributed by atoms with Crippen LogP contribution in [0.2, 0.25) is 5.02 Å². The summed E-state index contributed by atoms with van der Waals surface area (Å²) in [6.45, 7) is 2.79. The average molecular weight is 238 g/mol. The average Bonchev–Trinajstić information content (AvgIpc) is 2.71. The number of nitrogens with zero attached hydrogens (tertiary/aromatic N) is 4. The van der Waals surface area contributed by atoms with E-state index in [0.29, 0.717) is 17.3 Å². The van der Waals surface area contributed by atoms with Gasteiger partial charge in [0, 0.05) is 24.7 Å². The lowest BCUT2D eigenvalue weighted by molar-refractivity contribution is 0.624. The Balaban J connectivity index is 2.30. The molecule has 0 aliphatic heterocycles. The number of pyridine rings is 1. The summed E-state index contributed by atoms with van der Waals surface area (Å²) in [5.41, 5.74) is 6.64. The highest BCUT2D eigenvalue weighted by Gasteiger charge is 2.08. The molecule has 5 nitrogen and oxygen atoms in total. The van der Waals surface area contributed by atoms with Gasteiger partial charge in [0.05, 0.1) is 5.02 Å². The molecule has 2 aromatic heterocycles. The first-order valence-electron chi connectivity index (χ1n) is 4.97. The van der Waals surface area contributed by atoms with E-state index in [2.05, 4.69) is 15.1 Å². The number of hydrogen-bond acceptors (Lipinski definition) is 4. The zero-order chi connectivity index (χ0) is 11.5. The Labute approximate surface area is 98.3 Å². The Hall–Kier alpha value is -1.62. The van der Waals surface area contributed by atoms with Crippen molar-refractivity contribution in [1.29, 1.82) is 0 Å². The second-order valence-corrected chi connectivity index (χ2v) is 3.80. The van der Waals surface area contributed by atoms with Crippen LogP contribution in [0.25, 0.3) is 0 Å². The van der Waals surface area contributed by atoms with Gasteiger partial charge in [-0.25, -0.2) is 9.97 Å². The maximum atomic E-state index is 5.87. The van der Waals surface area contributed by atoms with E-state index in [0.717, 1.165) is 17.9 Å². The molecule has 0 saturated heterocycles. The number of aryl methyl sites for hydroxylation is 1. The quantitative estimate of drug-likeness (QED) is 0.879. The van der Waals surface area contributed by atoms with Crippen LogP contribution in [-0.2, 0) is 13.0 Å². The Morgan fingerprint density at radius 3 is 3.00 bits per heavy atom. The van der Waals surface area contributed by atoms with Crippen molar-refractivity contribution in [3.8, 4) is 0 Å². The number of halogens is 1. The van der Waals surface area contributed by atoms with Crippen molar-refractivity contribution in [3.05, 3.63) is 35.0 Å². The minimum atomic E-state index is 0.482. The summed E-state index contributed by atoms with van der Waals surface area (Å²) in [6.07, 6.45) is 3.66. The van der Waals surface area contributed by atoms with Gasteiger partial charge in [-0.3, -0.25) is 4.68 Å². The third kappa shape index (κ3) is 2.14. The number of rotatable bonds is 3. The summed E-state index contributed by atoms with van der Waals surface area (Å²) in [4.78, 5) is 8.18. The lowest BCUT2D eigenvalue weighted by Gasteiger charge is -2.05. The number of anilines is 1.